The quantitative estimate of drug-likeness (QED) is 0.476. The van der Waals surface area contributed by atoms with Crippen molar-refractivity contribution in [3.8, 4) is 0 Å². The average molecular weight is 267 g/mol. The van der Waals surface area contributed by atoms with Gasteiger partial charge in [0.25, 0.3) is 0 Å². The third-order valence-corrected chi connectivity index (χ3v) is 6.69. The highest BCUT2D eigenvalue weighted by Gasteiger charge is 2.45. The summed E-state index contributed by atoms with van der Waals surface area (Å²) in [7, 11) is 0. The van der Waals surface area contributed by atoms with Crippen molar-refractivity contribution in [3.63, 3.8) is 0 Å². The molecule has 0 aromatic carbocycles. The number of hydrogen-bond donors (Lipinski definition) is 0. The molecule has 0 N–H and O–H groups in total. The Morgan fingerprint density at radius 1 is 0.842 bits per heavy atom. The first kappa shape index (κ1) is 17.1. The minimum absolute atomic E-state index is 0.907. The molecule has 0 bridgehead atoms. The van der Waals surface area contributed by atoms with Crippen molar-refractivity contribution in [2.24, 2.45) is 41.4 Å². The van der Waals surface area contributed by atoms with Crippen LogP contribution in [0.2, 0.25) is 0 Å². The van der Waals surface area contributed by atoms with Crippen LogP contribution in [-0.2, 0) is 0 Å². The van der Waals surface area contributed by atoms with Crippen LogP contribution in [0.4, 0.5) is 0 Å². The standard InChI is InChI=1S/C19H38/c1-8-13(5)16(10-3)17(11-4)19-12-18(15(19)7)14(6)9-2/h13-19H,8-12H2,1-7H3. The summed E-state index contributed by atoms with van der Waals surface area (Å²) in [4.78, 5) is 0. The minimum atomic E-state index is 0.907. The Bertz CT molecular complexity index is 244. The number of hydrogen-bond acceptors (Lipinski definition) is 0. The van der Waals surface area contributed by atoms with Gasteiger partial charge in [-0.1, -0.05) is 74.1 Å². The second-order valence-electron chi connectivity index (χ2n) is 7.34. The SMILES string of the molecule is CCC(C)C1CC(C(CC)C(CC)C(C)CC)C1C. The van der Waals surface area contributed by atoms with Gasteiger partial charge in [0.05, 0.1) is 0 Å². The zero-order chi connectivity index (χ0) is 14.6. The summed E-state index contributed by atoms with van der Waals surface area (Å²) < 4.78 is 0. The normalized spacial score (nSPS) is 33.3. The van der Waals surface area contributed by atoms with Crippen molar-refractivity contribution < 1.29 is 0 Å². The lowest BCUT2D eigenvalue weighted by atomic mass is 9.53. The molecule has 0 amide bonds. The van der Waals surface area contributed by atoms with E-state index in [1.165, 1.54) is 32.1 Å². The molecule has 1 saturated carbocycles. The topological polar surface area (TPSA) is 0 Å². The van der Waals surface area contributed by atoms with Crippen molar-refractivity contribution >= 4 is 0 Å². The lowest BCUT2D eigenvalue weighted by Crippen LogP contribution is -2.45. The molecular weight excluding hydrogens is 228 g/mol. The van der Waals surface area contributed by atoms with Gasteiger partial charge in [0, 0.05) is 0 Å². The molecule has 0 aliphatic heterocycles. The Hall–Kier alpha value is 0. The third kappa shape index (κ3) is 3.56. The Morgan fingerprint density at radius 2 is 1.47 bits per heavy atom. The van der Waals surface area contributed by atoms with E-state index < -0.39 is 0 Å². The predicted octanol–water partition coefficient (Wildman–Crippen LogP) is 6.40. The molecule has 0 spiro atoms. The summed E-state index contributed by atoms with van der Waals surface area (Å²) in [6.07, 6.45) is 7.00. The van der Waals surface area contributed by atoms with E-state index in [9.17, 15) is 0 Å². The van der Waals surface area contributed by atoms with Gasteiger partial charge < -0.3 is 0 Å². The smallest absolute Gasteiger partial charge is 0.0352 e. The Kier molecular flexibility index (Phi) is 6.91. The van der Waals surface area contributed by atoms with Crippen LogP contribution in [-0.4, -0.2) is 0 Å². The zero-order valence-corrected chi connectivity index (χ0v) is 14.6. The fourth-order valence-corrected chi connectivity index (χ4v) is 4.84. The Balaban J connectivity index is 2.67. The van der Waals surface area contributed by atoms with Crippen molar-refractivity contribution in [1.29, 1.82) is 0 Å². The average Bonchev–Trinajstić information content (AvgIpc) is 2.43. The lowest BCUT2D eigenvalue weighted by Gasteiger charge is -2.52. The molecule has 19 heavy (non-hydrogen) atoms. The molecule has 0 heterocycles. The van der Waals surface area contributed by atoms with Crippen LogP contribution in [0.5, 0.6) is 0 Å². The van der Waals surface area contributed by atoms with Crippen LogP contribution in [0.3, 0.4) is 0 Å². The molecular formula is C19H38. The Morgan fingerprint density at radius 3 is 1.84 bits per heavy atom. The van der Waals surface area contributed by atoms with Crippen LogP contribution in [0.1, 0.15) is 80.6 Å². The van der Waals surface area contributed by atoms with Gasteiger partial charge in [-0.3, -0.25) is 0 Å². The highest BCUT2D eigenvalue weighted by Crippen LogP contribution is 2.52. The second kappa shape index (κ2) is 7.70. The fourth-order valence-electron chi connectivity index (χ4n) is 4.84. The molecule has 7 atom stereocenters. The summed E-state index contributed by atoms with van der Waals surface area (Å²) in [6.45, 7) is 17.0. The first-order valence-electron chi connectivity index (χ1n) is 9.01. The van der Waals surface area contributed by atoms with Gasteiger partial charge in [-0.15, -0.1) is 0 Å². The van der Waals surface area contributed by atoms with Gasteiger partial charge in [0.1, 0.15) is 0 Å². The maximum absolute atomic E-state index is 2.54. The molecule has 0 aromatic heterocycles. The van der Waals surface area contributed by atoms with E-state index in [1.54, 1.807) is 0 Å². The zero-order valence-electron chi connectivity index (χ0n) is 14.6. The number of rotatable bonds is 8. The first-order chi connectivity index (χ1) is 9.01. The maximum atomic E-state index is 2.54. The summed E-state index contributed by atoms with van der Waals surface area (Å²) in [6, 6.07) is 0. The van der Waals surface area contributed by atoms with E-state index in [-0.39, 0.29) is 0 Å². The molecule has 0 nitrogen and oxygen atoms in total. The van der Waals surface area contributed by atoms with Gasteiger partial charge in [0.2, 0.25) is 0 Å². The molecule has 1 aliphatic rings. The molecule has 1 rings (SSSR count). The third-order valence-electron chi connectivity index (χ3n) is 6.69. The van der Waals surface area contributed by atoms with Crippen LogP contribution in [0.25, 0.3) is 0 Å². The maximum Gasteiger partial charge on any atom is -0.0352 e. The molecule has 1 aliphatic carbocycles. The van der Waals surface area contributed by atoms with E-state index in [0.29, 0.717) is 0 Å². The molecule has 114 valence electrons. The van der Waals surface area contributed by atoms with Gasteiger partial charge in [-0.2, -0.15) is 0 Å². The van der Waals surface area contributed by atoms with E-state index in [0.717, 1.165) is 41.4 Å². The molecule has 0 radical (unpaired) electrons. The van der Waals surface area contributed by atoms with Crippen LogP contribution in [0.15, 0.2) is 0 Å². The van der Waals surface area contributed by atoms with Gasteiger partial charge >= 0.3 is 0 Å². The summed E-state index contributed by atoms with van der Waals surface area (Å²) >= 11 is 0. The second-order valence-corrected chi connectivity index (χ2v) is 7.34. The fraction of sp³-hybridized carbons (Fsp3) is 1.00. The van der Waals surface area contributed by atoms with Crippen LogP contribution < -0.4 is 0 Å². The van der Waals surface area contributed by atoms with Gasteiger partial charge in [0.15, 0.2) is 0 Å². The van der Waals surface area contributed by atoms with Crippen molar-refractivity contribution in [2.45, 2.75) is 80.6 Å². The summed E-state index contributed by atoms with van der Waals surface area (Å²) in [5.74, 6) is 6.78. The van der Waals surface area contributed by atoms with Crippen molar-refractivity contribution in [2.75, 3.05) is 0 Å². The highest BCUT2D eigenvalue weighted by molar-refractivity contribution is 4.94. The van der Waals surface area contributed by atoms with E-state index >= 15 is 0 Å². The van der Waals surface area contributed by atoms with Crippen LogP contribution in [0, 0.1) is 41.4 Å². The Labute approximate surface area is 122 Å². The monoisotopic (exact) mass is 266 g/mol. The van der Waals surface area contributed by atoms with E-state index in [2.05, 4.69) is 48.5 Å². The minimum Gasteiger partial charge on any atom is -0.0651 e. The molecule has 0 saturated heterocycles. The van der Waals surface area contributed by atoms with Crippen molar-refractivity contribution in [3.05, 3.63) is 0 Å². The summed E-state index contributed by atoms with van der Waals surface area (Å²) in [5.41, 5.74) is 0. The molecule has 0 aromatic rings. The van der Waals surface area contributed by atoms with Gasteiger partial charge in [-0.05, 0) is 47.8 Å². The summed E-state index contributed by atoms with van der Waals surface area (Å²) in [5, 5.41) is 0. The van der Waals surface area contributed by atoms with Crippen LogP contribution >= 0.6 is 0 Å². The highest BCUT2D eigenvalue weighted by atomic mass is 14.5. The largest absolute Gasteiger partial charge is 0.0651 e. The lowest BCUT2D eigenvalue weighted by molar-refractivity contribution is -0.0302. The van der Waals surface area contributed by atoms with E-state index in [4.69, 9.17) is 0 Å². The molecule has 0 heteroatoms. The van der Waals surface area contributed by atoms with Gasteiger partial charge in [-0.25, -0.2) is 0 Å². The predicted molar refractivity (Wildman–Crippen MR) is 87.2 cm³/mol. The first-order valence-corrected chi connectivity index (χ1v) is 9.01. The van der Waals surface area contributed by atoms with Crippen molar-refractivity contribution in [1.82, 2.24) is 0 Å². The van der Waals surface area contributed by atoms with E-state index in [1.807, 2.05) is 0 Å². The molecule has 7 unspecified atom stereocenters. The molecule has 1 fully saturated rings.